The molecule has 0 unspecified atom stereocenters. The number of hydrogen-bond acceptors (Lipinski definition) is 1. The van der Waals surface area contributed by atoms with Crippen LogP contribution in [0.1, 0.15) is 25.0 Å². The van der Waals surface area contributed by atoms with E-state index in [2.05, 4.69) is 254 Å². The normalized spacial score (nSPS) is 12.7. The van der Waals surface area contributed by atoms with Gasteiger partial charge in [0.1, 0.15) is 0 Å². The summed E-state index contributed by atoms with van der Waals surface area (Å²) in [5, 5.41) is 6.23. The molecule has 298 valence electrons. The Morgan fingerprint density at radius 3 is 1.71 bits per heavy atom. The summed E-state index contributed by atoms with van der Waals surface area (Å²) in [5.41, 5.74) is 18.1. The van der Waals surface area contributed by atoms with E-state index in [0.29, 0.717) is 0 Å². The molecule has 0 fully saturated rings. The van der Waals surface area contributed by atoms with E-state index in [0.717, 1.165) is 22.7 Å². The summed E-state index contributed by atoms with van der Waals surface area (Å²) in [4.78, 5) is 2.42. The SMILES string of the molecule is CC1(C)c2ccccc2-c2ccc(N(c3ccc(-c4ccc5ccccc5c4)cc3)c3ccc(-c4c(-c5ccccc5)n(-c5ccccc5)c5ccc6ccccc6c45)cc3)cc21. The molecule has 10 aromatic carbocycles. The van der Waals surface area contributed by atoms with Crippen molar-refractivity contribution in [3.63, 3.8) is 0 Å². The highest BCUT2D eigenvalue weighted by Gasteiger charge is 2.36. The first-order valence-electron chi connectivity index (χ1n) is 21.9. The minimum atomic E-state index is -0.124. The zero-order valence-electron chi connectivity index (χ0n) is 35.3. The molecule has 0 bridgehead atoms. The van der Waals surface area contributed by atoms with Gasteiger partial charge in [0.25, 0.3) is 0 Å². The fourth-order valence-electron chi connectivity index (χ4n) is 10.3. The van der Waals surface area contributed by atoms with Gasteiger partial charge >= 0.3 is 0 Å². The van der Waals surface area contributed by atoms with Gasteiger partial charge in [-0.05, 0) is 127 Å². The van der Waals surface area contributed by atoms with Crippen molar-refractivity contribution >= 4 is 49.5 Å². The maximum absolute atomic E-state index is 2.45. The first-order chi connectivity index (χ1) is 31.0. The van der Waals surface area contributed by atoms with Crippen molar-refractivity contribution in [2.45, 2.75) is 19.3 Å². The van der Waals surface area contributed by atoms with Crippen LogP contribution in [0.4, 0.5) is 17.1 Å². The molecule has 1 aromatic heterocycles. The Morgan fingerprint density at radius 2 is 0.952 bits per heavy atom. The third kappa shape index (κ3) is 6.02. The van der Waals surface area contributed by atoms with Gasteiger partial charge in [-0.25, -0.2) is 0 Å². The largest absolute Gasteiger partial charge is 0.310 e. The second-order valence-corrected chi connectivity index (χ2v) is 17.3. The van der Waals surface area contributed by atoms with Crippen molar-refractivity contribution < 1.29 is 0 Å². The number of anilines is 3. The van der Waals surface area contributed by atoms with Crippen molar-refractivity contribution in [3.8, 4) is 50.3 Å². The van der Waals surface area contributed by atoms with Crippen molar-refractivity contribution in [2.24, 2.45) is 0 Å². The highest BCUT2D eigenvalue weighted by atomic mass is 15.1. The second kappa shape index (κ2) is 14.6. The molecule has 1 heterocycles. The number of nitrogens with zero attached hydrogens (tertiary/aromatic N) is 2. The highest BCUT2D eigenvalue weighted by molar-refractivity contribution is 6.18. The predicted octanol–water partition coefficient (Wildman–Crippen LogP) is 16.7. The maximum atomic E-state index is 2.45. The monoisotopic (exact) mass is 804 g/mol. The van der Waals surface area contributed by atoms with E-state index >= 15 is 0 Å². The second-order valence-electron chi connectivity index (χ2n) is 17.3. The van der Waals surface area contributed by atoms with E-state index < -0.39 is 0 Å². The average molecular weight is 805 g/mol. The van der Waals surface area contributed by atoms with Gasteiger partial charge in [-0.3, -0.25) is 0 Å². The average Bonchev–Trinajstić information content (AvgIpc) is 3.81. The molecule has 11 aromatic rings. The van der Waals surface area contributed by atoms with Crippen molar-refractivity contribution in [2.75, 3.05) is 4.90 Å². The van der Waals surface area contributed by atoms with Crippen molar-refractivity contribution in [1.29, 1.82) is 0 Å². The molecule has 2 nitrogen and oxygen atoms in total. The Bertz CT molecular complexity index is 3500. The van der Waals surface area contributed by atoms with Crippen LogP contribution in [0.15, 0.2) is 231 Å². The van der Waals surface area contributed by atoms with Gasteiger partial charge in [0.2, 0.25) is 0 Å². The third-order valence-corrected chi connectivity index (χ3v) is 13.4. The van der Waals surface area contributed by atoms with E-state index in [-0.39, 0.29) is 5.41 Å². The van der Waals surface area contributed by atoms with Crippen LogP contribution in [0.5, 0.6) is 0 Å². The van der Waals surface area contributed by atoms with Crippen molar-refractivity contribution in [1.82, 2.24) is 4.57 Å². The van der Waals surface area contributed by atoms with Gasteiger partial charge in [0.15, 0.2) is 0 Å². The third-order valence-electron chi connectivity index (χ3n) is 13.4. The lowest BCUT2D eigenvalue weighted by Crippen LogP contribution is -2.16. The molecule has 2 heteroatoms. The Kier molecular flexibility index (Phi) is 8.55. The van der Waals surface area contributed by atoms with Crippen LogP contribution in [0.2, 0.25) is 0 Å². The van der Waals surface area contributed by atoms with Crippen LogP contribution in [-0.2, 0) is 5.41 Å². The van der Waals surface area contributed by atoms with Crippen molar-refractivity contribution in [3.05, 3.63) is 242 Å². The number of para-hydroxylation sites is 1. The molecule has 0 N–H and O–H groups in total. The number of benzene rings is 10. The van der Waals surface area contributed by atoms with Crippen LogP contribution in [0, 0.1) is 0 Å². The number of rotatable bonds is 7. The van der Waals surface area contributed by atoms with Gasteiger partial charge in [-0.2, -0.15) is 0 Å². The molecule has 63 heavy (non-hydrogen) atoms. The maximum Gasteiger partial charge on any atom is 0.0619 e. The van der Waals surface area contributed by atoms with Crippen LogP contribution in [0.25, 0.3) is 82.8 Å². The highest BCUT2D eigenvalue weighted by Crippen LogP contribution is 2.51. The standard InChI is InChI=1S/C61H44N2/c1-61(2)55-24-14-13-23-53(55)54-37-36-51(40-56(54)61)62(49-32-27-42(28-33-49)47-26-25-41-15-9-10-19-46(41)39-47)50-34-29-44(30-35-50)58-59-52-22-12-11-16-43(52)31-38-57(59)63(48-20-7-4-8-21-48)60(58)45-17-5-3-6-18-45/h3-40H,1-2H3. The summed E-state index contributed by atoms with van der Waals surface area (Å²) in [5.74, 6) is 0. The molecule has 0 atom stereocenters. The summed E-state index contributed by atoms with van der Waals surface area (Å²) in [6.07, 6.45) is 0. The predicted molar refractivity (Wildman–Crippen MR) is 267 cm³/mol. The van der Waals surface area contributed by atoms with E-state index in [4.69, 9.17) is 0 Å². The molecule has 0 saturated heterocycles. The summed E-state index contributed by atoms with van der Waals surface area (Å²) in [6, 6.07) is 84.7. The molecule has 12 rings (SSSR count). The van der Waals surface area contributed by atoms with E-state index in [1.807, 2.05) is 0 Å². The molecule has 0 spiro atoms. The number of fused-ring (bicyclic) bond motifs is 7. The summed E-state index contributed by atoms with van der Waals surface area (Å²) in [6.45, 7) is 4.72. The molecular weight excluding hydrogens is 761 g/mol. The number of aromatic nitrogens is 1. The fourth-order valence-corrected chi connectivity index (χ4v) is 10.3. The van der Waals surface area contributed by atoms with Gasteiger partial charge in [0, 0.05) is 39.1 Å². The fraction of sp³-hybridized carbons (Fsp3) is 0.0492. The first-order valence-corrected chi connectivity index (χ1v) is 21.9. The lowest BCUT2D eigenvalue weighted by molar-refractivity contribution is 0.660. The summed E-state index contributed by atoms with van der Waals surface area (Å²) in [7, 11) is 0. The summed E-state index contributed by atoms with van der Waals surface area (Å²) >= 11 is 0. The van der Waals surface area contributed by atoms with Gasteiger partial charge in [-0.15, -0.1) is 0 Å². The lowest BCUT2D eigenvalue weighted by atomic mass is 9.82. The molecule has 0 radical (unpaired) electrons. The Hall–Kier alpha value is -7.94. The smallest absolute Gasteiger partial charge is 0.0619 e. The Labute approximate surface area is 368 Å². The number of hydrogen-bond donors (Lipinski definition) is 0. The zero-order valence-corrected chi connectivity index (χ0v) is 35.3. The Balaban J connectivity index is 1.04. The van der Waals surface area contributed by atoms with Gasteiger partial charge in [0.05, 0.1) is 11.2 Å². The van der Waals surface area contributed by atoms with E-state index in [9.17, 15) is 0 Å². The Morgan fingerprint density at radius 1 is 0.381 bits per heavy atom. The van der Waals surface area contributed by atoms with E-state index in [1.54, 1.807) is 0 Å². The molecule has 0 saturated carbocycles. The minimum Gasteiger partial charge on any atom is -0.310 e. The topological polar surface area (TPSA) is 8.17 Å². The van der Waals surface area contributed by atoms with Crippen LogP contribution >= 0.6 is 0 Å². The lowest BCUT2D eigenvalue weighted by Gasteiger charge is -2.28. The molecule has 1 aliphatic rings. The van der Waals surface area contributed by atoms with Crippen LogP contribution < -0.4 is 4.90 Å². The molecule has 0 amide bonds. The van der Waals surface area contributed by atoms with Crippen LogP contribution in [0.3, 0.4) is 0 Å². The minimum absolute atomic E-state index is 0.124. The molecule has 0 aliphatic heterocycles. The van der Waals surface area contributed by atoms with E-state index in [1.165, 1.54) is 88.2 Å². The summed E-state index contributed by atoms with van der Waals surface area (Å²) < 4.78 is 2.45. The van der Waals surface area contributed by atoms with Crippen LogP contribution in [-0.4, -0.2) is 4.57 Å². The first kappa shape index (κ1) is 36.9. The van der Waals surface area contributed by atoms with Gasteiger partial charge in [-0.1, -0.05) is 184 Å². The zero-order chi connectivity index (χ0) is 42.1. The van der Waals surface area contributed by atoms with Gasteiger partial charge < -0.3 is 9.47 Å². The quantitative estimate of drug-likeness (QED) is 0.156. The molecule has 1 aliphatic carbocycles. The molecular formula is C61H44N2.